The van der Waals surface area contributed by atoms with Crippen LogP contribution in [0.3, 0.4) is 0 Å². The number of nitrogens with one attached hydrogen (secondary N) is 1. The smallest absolute Gasteiger partial charge is 0.224 e. The normalized spacial score (nSPS) is 10.5. The van der Waals surface area contributed by atoms with Gasteiger partial charge in [-0.25, -0.2) is 9.97 Å². The maximum Gasteiger partial charge on any atom is 0.224 e. The zero-order valence-corrected chi connectivity index (χ0v) is 10.6. The van der Waals surface area contributed by atoms with E-state index in [0.29, 0.717) is 23.3 Å². The van der Waals surface area contributed by atoms with Gasteiger partial charge < -0.3 is 9.73 Å². The summed E-state index contributed by atoms with van der Waals surface area (Å²) in [5.41, 5.74) is 0. The van der Waals surface area contributed by atoms with Gasteiger partial charge in [0, 0.05) is 6.42 Å². The Hall–Kier alpha value is -1.33. The van der Waals surface area contributed by atoms with Gasteiger partial charge in [0.1, 0.15) is 16.6 Å². The van der Waals surface area contributed by atoms with Crippen LogP contribution in [-0.2, 0) is 13.0 Å². The average molecular weight is 273 g/mol. The SMILES string of the molecule is CCc1cnc(CNc2nc(Cl)ncc2Cl)o1. The van der Waals surface area contributed by atoms with E-state index >= 15 is 0 Å². The van der Waals surface area contributed by atoms with E-state index in [0.717, 1.165) is 12.2 Å². The summed E-state index contributed by atoms with van der Waals surface area (Å²) in [6.45, 7) is 2.39. The summed E-state index contributed by atoms with van der Waals surface area (Å²) >= 11 is 11.6. The Labute approximate surface area is 108 Å². The van der Waals surface area contributed by atoms with Crippen LogP contribution in [0.15, 0.2) is 16.8 Å². The summed E-state index contributed by atoms with van der Waals surface area (Å²) in [4.78, 5) is 11.8. The maximum atomic E-state index is 5.90. The van der Waals surface area contributed by atoms with Gasteiger partial charge in [-0.15, -0.1) is 0 Å². The van der Waals surface area contributed by atoms with Crippen LogP contribution < -0.4 is 5.32 Å². The van der Waals surface area contributed by atoms with Gasteiger partial charge in [0.05, 0.1) is 18.9 Å². The van der Waals surface area contributed by atoms with Crippen LogP contribution in [0.1, 0.15) is 18.6 Å². The van der Waals surface area contributed by atoms with E-state index < -0.39 is 0 Å². The second-order valence-electron chi connectivity index (χ2n) is 3.26. The average Bonchev–Trinajstić information content (AvgIpc) is 2.78. The van der Waals surface area contributed by atoms with E-state index in [2.05, 4.69) is 20.3 Å². The van der Waals surface area contributed by atoms with Crippen LogP contribution >= 0.6 is 23.2 Å². The number of nitrogens with zero attached hydrogens (tertiary/aromatic N) is 3. The van der Waals surface area contributed by atoms with Gasteiger partial charge in [-0.05, 0) is 11.6 Å². The molecule has 5 nitrogen and oxygen atoms in total. The molecule has 0 radical (unpaired) electrons. The second kappa shape index (κ2) is 5.33. The van der Waals surface area contributed by atoms with Crippen LogP contribution in [0.25, 0.3) is 0 Å². The Balaban J connectivity index is 2.04. The lowest BCUT2D eigenvalue weighted by Gasteiger charge is -2.04. The molecular formula is C10H10Cl2N4O. The summed E-state index contributed by atoms with van der Waals surface area (Å²) in [6.07, 6.45) is 3.95. The first kappa shape index (κ1) is 12.1. The summed E-state index contributed by atoms with van der Waals surface area (Å²) in [6, 6.07) is 0. The molecule has 0 bridgehead atoms. The third-order valence-corrected chi connectivity index (χ3v) is 2.53. The minimum Gasteiger partial charge on any atom is -0.444 e. The molecule has 0 aliphatic heterocycles. The standard InChI is InChI=1S/C10H10Cl2N4O/c1-2-6-3-13-8(17-6)5-14-9-7(11)4-15-10(12)16-9/h3-4H,2,5H2,1H3,(H,14,15,16). The van der Waals surface area contributed by atoms with Crippen LogP contribution in [0.2, 0.25) is 10.3 Å². The van der Waals surface area contributed by atoms with Crippen molar-refractivity contribution < 1.29 is 4.42 Å². The van der Waals surface area contributed by atoms with Gasteiger partial charge >= 0.3 is 0 Å². The largest absolute Gasteiger partial charge is 0.444 e. The Morgan fingerprint density at radius 3 is 2.82 bits per heavy atom. The summed E-state index contributed by atoms with van der Waals surface area (Å²) in [5, 5.41) is 3.52. The van der Waals surface area contributed by atoms with Crippen LogP contribution in [-0.4, -0.2) is 15.0 Å². The lowest BCUT2D eigenvalue weighted by Crippen LogP contribution is -2.03. The van der Waals surface area contributed by atoms with E-state index in [9.17, 15) is 0 Å². The highest BCUT2D eigenvalue weighted by atomic mass is 35.5. The van der Waals surface area contributed by atoms with Crippen molar-refractivity contribution in [1.29, 1.82) is 0 Å². The highest BCUT2D eigenvalue weighted by Gasteiger charge is 2.06. The number of oxazole rings is 1. The number of aromatic nitrogens is 3. The third kappa shape index (κ3) is 3.08. The molecule has 17 heavy (non-hydrogen) atoms. The van der Waals surface area contributed by atoms with Gasteiger partial charge in [-0.3, -0.25) is 0 Å². The van der Waals surface area contributed by atoms with Crippen molar-refractivity contribution in [2.45, 2.75) is 19.9 Å². The van der Waals surface area contributed by atoms with Crippen molar-refractivity contribution in [2.75, 3.05) is 5.32 Å². The zero-order valence-electron chi connectivity index (χ0n) is 9.07. The maximum absolute atomic E-state index is 5.90. The highest BCUT2D eigenvalue weighted by Crippen LogP contribution is 2.20. The molecule has 0 saturated carbocycles. The Bertz CT molecular complexity index is 515. The highest BCUT2D eigenvalue weighted by molar-refractivity contribution is 6.33. The van der Waals surface area contributed by atoms with Crippen LogP contribution in [0.5, 0.6) is 0 Å². The van der Waals surface area contributed by atoms with Gasteiger partial charge in [-0.2, -0.15) is 4.98 Å². The molecule has 0 saturated heterocycles. The van der Waals surface area contributed by atoms with Gasteiger partial charge in [0.15, 0.2) is 0 Å². The molecule has 0 aliphatic rings. The van der Waals surface area contributed by atoms with Gasteiger partial charge in [-0.1, -0.05) is 18.5 Å². The molecule has 2 rings (SSSR count). The molecule has 7 heteroatoms. The van der Waals surface area contributed by atoms with Crippen molar-refractivity contribution in [3.8, 4) is 0 Å². The minimum atomic E-state index is 0.138. The topological polar surface area (TPSA) is 63.8 Å². The number of aryl methyl sites for hydroxylation is 1. The molecule has 0 spiro atoms. The van der Waals surface area contributed by atoms with Crippen molar-refractivity contribution >= 4 is 29.0 Å². The molecule has 0 fully saturated rings. The van der Waals surface area contributed by atoms with E-state index in [1.807, 2.05) is 6.92 Å². The Morgan fingerprint density at radius 1 is 1.29 bits per heavy atom. The van der Waals surface area contributed by atoms with Crippen molar-refractivity contribution in [3.63, 3.8) is 0 Å². The van der Waals surface area contributed by atoms with Crippen molar-refractivity contribution in [3.05, 3.63) is 34.4 Å². The second-order valence-corrected chi connectivity index (χ2v) is 4.01. The first-order valence-electron chi connectivity index (χ1n) is 5.04. The summed E-state index contributed by atoms with van der Waals surface area (Å²) < 4.78 is 5.43. The van der Waals surface area contributed by atoms with Crippen LogP contribution in [0.4, 0.5) is 5.82 Å². The lowest BCUT2D eigenvalue weighted by molar-refractivity contribution is 0.465. The first-order valence-corrected chi connectivity index (χ1v) is 5.80. The van der Waals surface area contributed by atoms with E-state index in [4.69, 9.17) is 27.6 Å². The molecule has 2 aromatic rings. The minimum absolute atomic E-state index is 0.138. The molecule has 90 valence electrons. The summed E-state index contributed by atoms with van der Waals surface area (Å²) in [7, 11) is 0. The quantitative estimate of drug-likeness (QED) is 0.867. The van der Waals surface area contributed by atoms with Crippen LogP contribution in [0, 0.1) is 0 Å². The van der Waals surface area contributed by atoms with E-state index in [-0.39, 0.29) is 5.28 Å². The molecule has 0 atom stereocenters. The monoisotopic (exact) mass is 272 g/mol. The fourth-order valence-electron chi connectivity index (χ4n) is 1.22. The Morgan fingerprint density at radius 2 is 2.12 bits per heavy atom. The molecule has 0 aliphatic carbocycles. The fraction of sp³-hybridized carbons (Fsp3) is 0.300. The Kier molecular flexibility index (Phi) is 3.81. The number of hydrogen-bond donors (Lipinski definition) is 1. The number of halogens is 2. The molecule has 0 unspecified atom stereocenters. The lowest BCUT2D eigenvalue weighted by atomic mass is 10.4. The number of hydrogen-bond acceptors (Lipinski definition) is 5. The van der Waals surface area contributed by atoms with E-state index in [1.165, 1.54) is 6.20 Å². The van der Waals surface area contributed by atoms with E-state index in [1.54, 1.807) is 6.20 Å². The molecule has 1 N–H and O–H groups in total. The number of rotatable bonds is 4. The predicted molar refractivity (Wildman–Crippen MR) is 65.3 cm³/mol. The molecular weight excluding hydrogens is 263 g/mol. The molecule has 0 amide bonds. The molecule has 0 aromatic carbocycles. The van der Waals surface area contributed by atoms with Gasteiger partial charge in [0.2, 0.25) is 11.2 Å². The summed E-state index contributed by atoms with van der Waals surface area (Å²) in [5.74, 6) is 1.88. The third-order valence-electron chi connectivity index (χ3n) is 2.07. The molecule has 2 heterocycles. The van der Waals surface area contributed by atoms with Crippen molar-refractivity contribution in [1.82, 2.24) is 15.0 Å². The first-order chi connectivity index (χ1) is 8.19. The van der Waals surface area contributed by atoms with Crippen molar-refractivity contribution in [2.24, 2.45) is 0 Å². The zero-order chi connectivity index (χ0) is 12.3. The van der Waals surface area contributed by atoms with Gasteiger partial charge in [0.25, 0.3) is 0 Å². The predicted octanol–water partition coefficient (Wildman–Crippen LogP) is 2.95. The molecule has 2 aromatic heterocycles. The number of anilines is 1. The fourth-order valence-corrected chi connectivity index (χ4v) is 1.51.